The number of hydrogen-bond donors (Lipinski definition) is 1. The van der Waals surface area contributed by atoms with Crippen LogP contribution in [0.15, 0.2) is 29.2 Å². The summed E-state index contributed by atoms with van der Waals surface area (Å²) in [7, 11) is 0. The second-order valence-corrected chi connectivity index (χ2v) is 5.37. The maximum absolute atomic E-state index is 10.7. The number of hydrogen-bond acceptors (Lipinski definition) is 2. The third-order valence-corrected chi connectivity index (χ3v) is 3.74. The number of aliphatic carboxylic acids is 1. The Labute approximate surface area is 101 Å². The van der Waals surface area contributed by atoms with Gasteiger partial charge in [0.05, 0.1) is 5.92 Å². The average Bonchev–Trinajstić information content (AvgIpc) is 2.26. The molecular weight excluding hydrogens is 220 g/mol. The summed E-state index contributed by atoms with van der Waals surface area (Å²) in [4.78, 5) is 11.8. The molecule has 0 radical (unpaired) electrons. The zero-order valence-corrected chi connectivity index (χ0v) is 10.8. The Morgan fingerprint density at radius 3 is 2.25 bits per heavy atom. The Bertz CT molecular complexity index is 343. The fraction of sp³-hybridized carbons (Fsp3) is 0.462. The molecular formula is C13H18O2S. The Morgan fingerprint density at radius 1 is 1.25 bits per heavy atom. The van der Waals surface area contributed by atoms with Crippen molar-refractivity contribution in [1.82, 2.24) is 0 Å². The predicted octanol–water partition coefficient (Wildman–Crippen LogP) is 3.62. The van der Waals surface area contributed by atoms with Gasteiger partial charge in [0.1, 0.15) is 0 Å². The van der Waals surface area contributed by atoms with E-state index in [2.05, 4.69) is 38.1 Å². The molecule has 0 fully saturated rings. The largest absolute Gasteiger partial charge is 0.481 e. The summed E-state index contributed by atoms with van der Waals surface area (Å²) in [6.45, 7) is 6.06. The van der Waals surface area contributed by atoms with Gasteiger partial charge in [-0.25, -0.2) is 0 Å². The highest BCUT2D eigenvalue weighted by Gasteiger charge is 2.10. The first-order valence-electron chi connectivity index (χ1n) is 5.46. The van der Waals surface area contributed by atoms with Crippen LogP contribution in [0.4, 0.5) is 0 Å². The summed E-state index contributed by atoms with van der Waals surface area (Å²) in [6, 6.07) is 8.35. The van der Waals surface area contributed by atoms with E-state index >= 15 is 0 Å². The zero-order chi connectivity index (χ0) is 12.1. The lowest BCUT2D eigenvalue weighted by Crippen LogP contribution is -2.11. The maximum atomic E-state index is 10.7. The van der Waals surface area contributed by atoms with E-state index < -0.39 is 5.97 Å². The van der Waals surface area contributed by atoms with E-state index in [1.165, 1.54) is 5.56 Å². The van der Waals surface area contributed by atoms with Crippen molar-refractivity contribution in [3.63, 3.8) is 0 Å². The van der Waals surface area contributed by atoms with Crippen LogP contribution >= 0.6 is 11.8 Å². The van der Waals surface area contributed by atoms with E-state index in [1.807, 2.05) is 0 Å². The number of rotatable bonds is 5. The van der Waals surface area contributed by atoms with Crippen LogP contribution in [0.1, 0.15) is 32.3 Å². The molecule has 0 spiro atoms. The van der Waals surface area contributed by atoms with E-state index in [4.69, 9.17) is 5.11 Å². The van der Waals surface area contributed by atoms with E-state index in [-0.39, 0.29) is 5.92 Å². The molecule has 0 bridgehead atoms. The molecule has 1 atom stereocenters. The third-order valence-electron chi connectivity index (χ3n) is 2.47. The van der Waals surface area contributed by atoms with Crippen molar-refractivity contribution < 1.29 is 9.90 Å². The van der Waals surface area contributed by atoms with Crippen molar-refractivity contribution >= 4 is 17.7 Å². The molecule has 1 unspecified atom stereocenters. The maximum Gasteiger partial charge on any atom is 0.307 e. The van der Waals surface area contributed by atoms with Crippen LogP contribution in [0, 0.1) is 5.92 Å². The van der Waals surface area contributed by atoms with Crippen molar-refractivity contribution in [3.05, 3.63) is 29.8 Å². The Morgan fingerprint density at radius 2 is 1.81 bits per heavy atom. The van der Waals surface area contributed by atoms with Gasteiger partial charge in [-0.2, -0.15) is 0 Å². The van der Waals surface area contributed by atoms with Crippen LogP contribution in [-0.4, -0.2) is 16.8 Å². The van der Waals surface area contributed by atoms with Gasteiger partial charge in [-0.3, -0.25) is 4.79 Å². The summed E-state index contributed by atoms with van der Waals surface area (Å²) < 4.78 is 0. The predicted molar refractivity (Wildman–Crippen MR) is 68.1 cm³/mol. The first-order valence-corrected chi connectivity index (χ1v) is 6.45. The van der Waals surface area contributed by atoms with Crippen LogP contribution in [-0.2, 0) is 4.79 Å². The highest BCUT2D eigenvalue weighted by molar-refractivity contribution is 7.99. The lowest BCUT2D eigenvalue weighted by atomic mass is 10.0. The van der Waals surface area contributed by atoms with E-state index in [1.54, 1.807) is 18.7 Å². The second-order valence-electron chi connectivity index (χ2n) is 4.27. The molecule has 2 nitrogen and oxygen atoms in total. The standard InChI is InChI=1S/C13H18O2S/c1-9(2)11-4-6-12(7-5-11)16-8-10(3)13(14)15/h4-7,9-10H,8H2,1-3H3,(H,14,15). The molecule has 1 aromatic rings. The number of thioether (sulfide) groups is 1. The van der Waals surface area contributed by atoms with Gasteiger partial charge in [0.25, 0.3) is 0 Å². The van der Waals surface area contributed by atoms with Gasteiger partial charge in [0.2, 0.25) is 0 Å². The SMILES string of the molecule is CC(CSc1ccc(C(C)C)cc1)C(=O)O. The molecule has 88 valence electrons. The van der Waals surface area contributed by atoms with Gasteiger partial charge in [0, 0.05) is 10.6 Å². The molecule has 0 aliphatic rings. The van der Waals surface area contributed by atoms with Gasteiger partial charge in [-0.15, -0.1) is 11.8 Å². The minimum absolute atomic E-state index is 0.297. The van der Waals surface area contributed by atoms with Crippen molar-refractivity contribution in [2.75, 3.05) is 5.75 Å². The van der Waals surface area contributed by atoms with Gasteiger partial charge >= 0.3 is 5.97 Å². The van der Waals surface area contributed by atoms with E-state index in [9.17, 15) is 4.79 Å². The summed E-state index contributed by atoms with van der Waals surface area (Å²) in [5.41, 5.74) is 1.32. The zero-order valence-electron chi connectivity index (χ0n) is 9.93. The Kier molecular flexibility index (Phi) is 4.87. The molecule has 0 aliphatic heterocycles. The first kappa shape index (κ1) is 13.1. The minimum atomic E-state index is -0.730. The van der Waals surface area contributed by atoms with Crippen LogP contribution in [0.25, 0.3) is 0 Å². The molecule has 0 saturated carbocycles. The quantitative estimate of drug-likeness (QED) is 0.796. The van der Waals surface area contributed by atoms with Gasteiger partial charge in [-0.1, -0.05) is 32.9 Å². The smallest absolute Gasteiger partial charge is 0.307 e. The number of benzene rings is 1. The van der Waals surface area contributed by atoms with Gasteiger partial charge in [0.15, 0.2) is 0 Å². The van der Waals surface area contributed by atoms with Crippen LogP contribution in [0.3, 0.4) is 0 Å². The van der Waals surface area contributed by atoms with Gasteiger partial charge < -0.3 is 5.11 Å². The summed E-state index contributed by atoms with van der Waals surface area (Å²) >= 11 is 1.60. The lowest BCUT2D eigenvalue weighted by molar-refractivity contribution is -0.140. The minimum Gasteiger partial charge on any atom is -0.481 e. The van der Waals surface area contributed by atoms with Crippen molar-refractivity contribution in [1.29, 1.82) is 0 Å². The van der Waals surface area contributed by atoms with Crippen molar-refractivity contribution in [3.8, 4) is 0 Å². The Balaban J connectivity index is 2.52. The average molecular weight is 238 g/mol. The molecule has 0 aromatic heterocycles. The van der Waals surface area contributed by atoms with E-state index in [0.29, 0.717) is 11.7 Å². The highest BCUT2D eigenvalue weighted by Crippen LogP contribution is 2.23. The first-order chi connectivity index (χ1) is 7.50. The third kappa shape index (κ3) is 3.89. The molecule has 0 aliphatic carbocycles. The molecule has 1 N–H and O–H groups in total. The fourth-order valence-electron chi connectivity index (χ4n) is 1.24. The van der Waals surface area contributed by atoms with Crippen molar-refractivity contribution in [2.24, 2.45) is 5.92 Å². The summed E-state index contributed by atoms with van der Waals surface area (Å²) in [5.74, 6) is 0.133. The second kappa shape index (κ2) is 5.94. The summed E-state index contributed by atoms with van der Waals surface area (Å²) in [5, 5.41) is 8.76. The van der Waals surface area contributed by atoms with Crippen molar-refractivity contribution in [2.45, 2.75) is 31.6 Å². The number of carboxylic acid groups (broad SMARTS) is 1. The molecule has 0 saturated heterocycles. The molecule has 1 aromatic carbocycles. The molecule has 16 heavy (non-hydrogen) atoms. The molecule has 1 rings (SSSR count). The normalized spacial score (nSPS) is 12.8. The highest BCUT2D eigenvalue weighted by atomic mass is 32.2. The van der Waals surface area contributed by atoms with E-state index in [0.717, 1.165) is 4.90 Å². The number of carboxylic acids is 1. The number of carbonyl (C=O) groups is 1. The van der Waals surface area contributed by atoms with Gasteiger partial charge in [-0.05, 0) is 23.6 Å². The topological polar surface area (TPSA) is 37.3 Å². The molecule has 0 heterocycles. The fourth-order valence-corrected chi connectivity index (χ4v) is 2.16. The van der Waals surface area contributed by atoms with Crippen LogP contribution in [0.5, 0.6) is 0 Å². The monoisotopic (exact) mass is 238 g/mol. The van der Waals surface area contributed by atoms with Crippen LogP contribution in [0.2, 0.25) is 0 Å². The molecule has 0 amide bonds. The summed E-state index contributed by atoms with van der Waals surface area (Å²) in [6.07, 6.45) is 0. The van der Waals surface area contributed by atoms with Crippen LogP contribution < -0.4 is 0 Å². The Hall–Kier alpha value is -0.960. The molecule has 3 heteroatoms. The lowest BCUT2D eigenvalue weighted by Gasteiger charge is -2.08.